The molecule has 0 radical (unpaired) electrons. The zero-order chi connectivity index (χ0) is 11.4. The number of benzene rings is 1. The topological polar surface area (TPSA) is 41.9 Å². The van der Waals surface area contributed by atoms with E-state index in [1.165, 1.54) is 12.8 Å². The lowest BCUT2D eigenvalue weighted by Gasteiger charge is -2.19. The first kappa shape index (κ1) is 11.1. The van der Waals surface area contributed by atoms with Crippen LogP contribution in [0.3, 0.4) is 0 Å². The summed E-state index contributed by atoms with van der Waals surface area (Å²) in [6.45, 7) is 1.87. The number of likely N-dealkylation sites (tertiary alicyclic amines) is 1. The van der Waals surface area contributed by atoms with Crippen LogP contribution < -0.4 is 4.74 Å². The van der Waals surface area contributed by atoms with E-state index < -0.39 is 0 Å². The molecule has 1 heterocycles. The van der Waals surface area contributed by atoms with Crippen LogP contribution in [0.15, 0.2) is 29.4 Å². The molecule has 4 nitrogen and oxygen atoms in total. The van der Waals surface area contributed by atoms with Gasteiger partial charge in [0.25, 0.3) is 0 Å². The second kappa shape index (κ2) is 5.07. The first-order valence-electron chi connectivity index (χ1n) is 5.56. The van der Waals surface area contributed by atoms with E-state index in [2.05, 4.69) is 17.1 Å². The van der Waals surface area contributed by atoms with Gasteiger partial charge in [-0.05, 0) is 55.9 Å². The molecule has 0 amide bonds. The summed E-state index contributed by atoms with van der Waals surface area (Å²) in [5, 5.41) is 2.85. The Morgan fingerprint density at radius 3 is 2.75 bits per heavy atom. The fraction of sp³-hybridized carbons (Fsp3) is 0.500. The average molecular weight is 220 g/mol. The maximum atomic E-state index is 10.2. The molecule has 1 aliphatic heterocycles. The Balaban J connectivity index is 1.86. The van der Waals surface area contributed by atoms with Gasteiger partial charge in [0.1, 0.15) is 18.0 Å². The van der Waals surface area contributed by atoms with Crippen molar-refractivity contribution in [2.75, 3.05) is 20.2 Å². The van der Waals surface area contributed by atoms with Gasteiger partial charge in [-0.2, -0.15) is 0 Å². The van der Waals surface area contributed by atoms with Crippen LogP contribution in [0.2, 0.25) is 0 Å². The van der Waals surface area contributed by atoms with Gasteiger partial charge in [-0.25, -0.2) is 0 Å². The third kappa shape index (κ3) is 2.58. The van der Waals surface area contributed by atoms with Crippen LogP contribution in [0.5, 0.6) is 5.75 Å². The van der Waals surface area contributed by atoms with Crippen LogP contribution in [-0.2, 0) is 0 Å². The van der Waals surface area contributed by atoms with Gasteiger partial charge in [0.15, 0.2) is 0 Å². The number of likely N-dealkylation sites (N-methyl/N-ethyl adjacent to an activating group) is 1. The van der Waals surface area contributed by atoms with Gasteiger partial charge in [-0.1, -0.05) is 0 Å². The molecule has 0 spiro atoms. The standard InChI is InChI=1S/C12H16N2O2/c1-14-8-2-3-11(14)9-16-12-6-4-10(13-15)5-7-12/h4-7,11H,2-3,8-9H2,1H3/t11-/m0/s1. The number of ether oxygens (including phenoxy) is 1. The number of hydrogen-bond donors (Lipinski definition) is 0. The van der Waals surface area contributed by atoms with Crippen molar-refractivity contribution < 1.29 is 4.74 Å². The monoisotopic (exact) mass is 220 g/mol. The zero-order valence-electron chi connectivity index (χ0n) is 9.43. The Morgan fingerprint density at radius 2 is 2.19 bits per heavy atom. The van der Waals surface area contributed by atoms with Gasteiger partial charge in [-0.3, -0.25) is 0 Å². The van der Waals surface area contributed by atoms with Crippen LogP contribution in [-0.4, -0.2) is 31.1 Å². The second-order valence-corrected chi connectivity index (χ2v) is 4.17. The predicted octanol–water partition coefficient (Wildman–Crippen LogP) is 2.56. The number of rotatable bonds is 4. The molecule has 1 fully saturated rings. The second-order valence-electron chi connectivity index (χ2n) is 4.17. The lowest BCUT2D eigenvalue weighted by molar-refractivity contribution is 0.198. The molecule has 1 aromatic carbocycles. The summed E-state index contributed by atoms with van der Waals surface area (Å²) in [4.78, 5) is 12.6. The van der Waals surface area contributed by atoms with E-state index in [-0.39, 0.29) is 0 Å². The first-order valence-corrected chi connectivity index (χ1v) is 5.56. The van der Waals surface area contributed by atoms with Crippen LogP contribution in [0, 0.1) is 4.91 Å². The van der Waals surface area contributed by atoms with Crippen molar-refractivity contribution in [3.63, 3.8) is 0 Å². The molecule has 0 N–H and O–H groups in total. The van der Waals surface area contributed by atoms with Crippen LogP contribution in [0.4, 0.5) is 5.69 Å². The molecule has 1 aliphatic rings. The third-order valence-corrected chi connectivity index (χ3v) is 3.06. The Labute approximate surface area is 95.2 Å². The van der Waals surface area contributed by atoms with Crippen molar-refractivity contribution in [3.05, 3.63) is 29.2 Å². The van der Waals surface area contributed by atoms with Crippen molar-refractivity contribution in [1.29, 1.82) is 0 Å². The van der Waals surface area contributed by atoms with E-state index in [4.69, 9.17) is 4.74 Å². The molecule has 2 rings (SSSR count). The molecule has 1 saturated heterocycles. The van der Waals surface area contributed by atoms with Gasteiger partial charge in [-0.15, -0.1) is 4.91 Å². The maximum absolute atomic E-state index is 10.2. The molecule has 0 saturated carbocycles. The first-order chi connectivity index (χ1) is 7.79. The largest absolute Gasteiger partial charge is 0.492 e. The van der Waals surface area contributed by atoms with E-state index in [1.807, 2.05) is 0 Å². The van der Waals surface area contributed by atoms with Crippen LogP contribution in [0.1, 0.15) is 12.8 Å². The highest BCUT2D eigenvalue weighted by Crippen LogP contribution is 2.20. The summed E-state index contributed by atoms with van der Waals surface area (Å²) < 4.78 is 5.67. The normalized spacial score (nSPS) is 20.9. The molecule has 1 atom stereocenters. The highest BCUT2D eigenvalue weighted by Gasteiger charge is 2.21. The Bertz CT molecular complexity index is 351. The number of nitrogens with zero attached hydrogens (tertiary/aromatic N) is 2. The molecule has 0 aliphatic carbocycles. The summed E-state index contributed by atoms with van der Waals surface area (Å²) >= 11 is 0. The van der Waals surface area contributed by atoms with Crippen molar-refractivity contribution in [2.24, 2.45) is 5.18 Å². The highest BCUT2D eigenvalue weighted by atomic mass is 16.5. The van der Waals surface area contributed by atoms with E-state index in [9.17, 15) is 4.91 Å². The van der Waals surface area contributed by atoms with E-state index in [0.29, 0.717) is 18.3 Å². The summed E-state index contributed by atoms with van der Waals surface area (Å²) in [5.74, 6) is 0.799. The van der Waals surface area contributed by atoms with Gasteiger partial charge in [0.2, 0.25) is 0 Å². The summed E-state index contributed by atoms with van der Waals surface area (Å²) in [6.07, 6.45) is 2.45. The van der Waals surface area contributed by atoms with Gasteiger partial charge >= 0.3 is 0 Å². The summed E-state index contributed by atoms with van der Waals surface area (Å²) in [5.41, 5.74) is 0.435. The van der Waals surface area contributed by atoms with Gasteiger partial charge in [0.05, 0.1) is 0 Å². The van der Waals surface area contributed by atoms with Gasteiger partial charge in [0, 0.05) is 6.04 Å². The Kier molecular flexibility index (Phi) is 3.51. The molecular formula is C12H16N2O2. The lowest BCUT2D eigenvalue weighted by atomic mass is 10.2. The fourth-order valence-corrected chi connectivity index (χ4v) is 1.99. The minimum Gasteiger partial charge on any atom is -0.492 e. The highest BCUT2D eigenvalue weighted by molar-refractivity contribution is 5.40. The van der Waals surface area contributed by atoms with Crippen molar-refractivity contribution in [2.45, 2.75) is 18.9 Å². The summed E-state index contributed by atoms with van der Waals surface area (Å²) in [6, 6.07) is 7.42. The smallest absolute Gasteiger partial charge is 0.119 e. The minimum absolute atomic E-state index is 0.435. The molecule has 4 heteroatoms. The minimum atomic E-state index is 0.435. The van der Waals surface area contributed by atoms with Crippen LogP contribution in [0.25, 0.3) is 0 Å². The van der Waals surface area contributed by atoms with E-state index in [0.717, 1.165) is 12.3 Å². The molecule has 0 unspecified atom stereocenters. The third-order valence-electron chi connectivity index (χ3n) is 3.06. The number of hydrogen-bond acceptors (Lipinski definition) is 4. The molecule has 1 aromatic rings. The molecule has 16 heavy (non-hydrogen) atoms. The fourth-order valence-electron chi connectivity index (χ4n) is 1.99. The van der Waals surface area contributed by atoms with E-state index >= 15 is 0 Å². The Hall–Kier alpha value is -1.42. The van der Waals surface area contributed by atoms with E-state index in [1.54, 1.807) is 24.3 Å². The lowest BCUT2D eigenvalue weighted by Crippen LogP contribution is -2.30. The van der Waals surface area contributed by atoms with Gasteiger partial charge < -0.3 is 9.64 Å². The van der Waals surface area contributed by atoms with Crippen molar-refractivity contribution >= 4 is 5.69 Å². The average Bonchev–Trinajstić information content (AvgIpc) is 2.73. The maximum Gasteiger partial charge on any atom is 0.119 e. The Morgan fingerprint density at radius 1 is 1.44 bits per heavy atom. The molecule has 0 aromatic heterocycles. The number of nitroso groups, excluding NO2 is 1. The zero-order valence-corrected chi connectivity index (χ0v) is 9.43. The van der Waals surface area contributed by atoms with Crippen molar-refractivity contribution in [1.82, 2.24) is 4.90 Å². The summed E-state index contributed by atoms with van der Waals surface area (Å²) in [7, 11) is 2.13. The molecular weight excluding hydrogens is 204 g/mol. The molecule has 0 bridgehead atoms. The quantitative estimate of drug-likeness (QED) is 0.732. The molecule has 86 valence electrons. The van der Waals surface area contributed by atoms with Crippen LogP contribution >= 0.6 is 0 Å². The predicted molar refractivity (Wildman–Crippen MR) is 63.0 cm³/mol. The van der Waals surface area contributed by atoms with Crippen molar-refractivity contribution in [3.8, 4) is 5.75 Å². The SMILES string of the molecule is CN1CCC[C@H]1COc1ccc(N=O)cc1.